The van der Waals surface area contributed by atoms with Gasteiger partial charge in [0.15, 0.2) is 0 Å². The minimum Gasteiger partial charge on any atom is -0.466 e. The standard InChI is InChI=1S/C12H23NO3/c1-10(11(15)16-4)5-7-13-9-12(2,3)6-8-14/h5,13-14H,6-9H2,1-4H3. The summed E-state index contributed by atoms with van der Waals surface area (Å²) in [5.41, 5.74) is 0.678. The van der Waals surface area contributed by atoms with E-state index in [1.165, 1.54) is 7.11 Å². The van der Waals surface area contributed by atoms with E-state index in [0.717, 1.165) is 13.0 Å². The average Bonchev–Trinajstić information content (AvgIpc) is 2.22. The molecule has 0 rings (SSSR count). The van der Waals surface area contributed by atoms with Crippen LogP contribution >= 0.6 is 0 Å². The van der Waals surface area contributed by atoms with Crippen LogP contribution in [0.1, 0.15) is 27.2 Å². The van der Waals surface area contributed by atoms with Gasteiger partial charge >= 0.3 is 5.97 Å². The maximum absolute atomic E-state index is 11.1. The summed E-state index contributed by atoms with van der Waals surface area (Å²) in [7, 11) is 1.37. The van der Waals surface area contributed by atoms with Crippen molar-refractivity contribution in [1.82, 2.24) is 5.32 Å². The van der Waals surface area contributed by atoms with Gasteiger partial charge < -0.3 is 15.2 Å². The molecule has 94 valence electrons. The van der Waals surface area contributed by atoms with E-state index in [1.807, 2.05) is 0 Å². The zero-order valence-electron chi connectivity index (χ0n) is 10.7. The van der Waals surface area contributed by atoms with Gasteiger partial charge in [-0.25, -0.2) is 4.79 Å². The number of esters is 1. The van der Waals surface area contributed by atoms with Crippen molar-refractivity contribution in [2.75, 3.05) is 26.8 Å². The molecule has 0 aliphatic rings. The molecule has 0 atom stereocenters. The highest BCUT2D eigenvalue weighted by atomic mass is 16.5. The van der Waals surface area contributed by atoms with Crippen LogP contribution in [0.3, 0.4) is 0 Å². The normalized spacial score (nSPS) is 12.7. The molecule has 0 unspecified atom stereocenters. The second-order valence-corrected chi connectivity index (χ2v) is 4.65. The van der Waals surface area contributed by atoms with Gasteiger partial charge in [0.05, 0.1) is 7.11 Å². The largest absolute Gasteiger partial charge is 0.466 e. The smallest absolute Gasteiger partial charge is 0.333 e. The first-order chi connectivity index (χ1) is 7.43. The summed E-state index contributed by atoms with van der Waals surface area (Å²) in [6.07, 6.45) is 2.57. The van der Waals surface area contributed by atoms with Crippen LogP contribution in [-0.2, 0) is 9.53 Å². The monoisotopic (exact) mass is 229 g/mol. The fraction of sp³-hybridized carbons (Fsp3) is 0.750. The van der Waals surface area contributed by atoms with Gasteiger partial charge in [0.25, 0.3) is 0 Å². The van der Waals surface area contributed by atoms with Crippen molar-refractivity contribution >= 4 is 5.97 Å². The van der Waals surface area contributed by atoms with E-state index in [0.29, 0.717) is 12.1 Å². The molecule has 0 amide bonds. The van der Waals surface area contributed by atoms with Crippen molar-refractivity contribution in [2.24, 2.45) is 5.41 Å². The third-order valence-electron chi connectivity index (χ3n) is 2.45. The Labute approximate surface area is 97.7 Å². The number of hydrogen-bond donors (Lipinski definition) is 2. The number of hydrogen-bond acceptors (Lipinski definition) is 4. The molecule has 16 heavy (non-hydrogen) atoms. The average molecular weight is 229 g/mol. The number of aliphatic hydroxyl groups is 1. The lowest BCUT2D eigenvalue weighted by Crippen LogP contribution is -2.30. The van der Waals surface area contributed by atoms with E-state index >= 15 is 0 Å². The summed E-state index contributed by atoms with van der Waals surface area (Å²) in [6.45, 7) is 7.55. The van der Waals surface area contributed by atoms with Crippen molar-refractivity contribution < 1.29 is 14.6 Å². The molecule has 0 spiro atoms. The number of ether oxygens (including phenoxy) is 1. The number of aliphatic hydroxyl groups excluding tert-OH is 1. The third kappa shape index (κ3) is 6.58. The maximum atomic E-state index is 11.1. The molecule has 0 heterocycles. The third-order valence-corrected chi connectivity index (χ3v) is 2.45. The lowest BCUT2D eigenvalue weighted by molar-refractivity contribution is -0.136. The lowest BCUT2D eigenvalue weighted by Gasteiger charge is -2.23. The molecule has 4 heteroatoms. The van der Waals surface area contributed by atoms with Crippen LogP contribution in [0.2, 0.25) is 0 Å². The van der Waals surface area contributed by atoms with Gasteiger partial charge in [0, 0.05) is 25.3 Å². The van der Waals surface area contributed by atoms with E-state index in [1.54, 1.807) is 13.0 Å². The Kier molecular flexibility index (Phi) is 7.01. The van der Waals surface area contributed by atoms with Gasteiger partial charge in [-0.1, -0.05) is 19.9 Å². The molecule has 4 nitrogen and oxygen atoms in total. The van der Waals surface area contributed by atoms with Gasteiger partial charge in [-0.2, -0.15) is 0 Å². The predicted octanol–water partition coefficient (Wildman–Crippen LogP) is 1.10. The summed E-state index contributed by atoms with van der Waals surface area (Å²) in [6, 6.07) is 0. The molecule has 0 aromatic rings. The predicted molar refractivity (Wildman–Crippen MR) is 64.1 cm³/mol. The Balaban J connectivity index is 3.87. The Hall–Kier alpha value is -0.870. The molecule has 0 aromatic carbocycles. The van der Waals surface area contributed by atoms with Crippen molar-refractivity contribution in [3.05, 3.63) is 11.6 Å². The van der Waals surface area contributed by atoms with E-state index < -0.39 is 0 Å². The summed E-state index contributed by atoms with van der Waals surface area (Å²) < 4.78 is 4.58. The van der Waals surface area contributed by atoms with Crippen LogP contribution in [0.25, 0.3) is 0 Å². The van der Waals surface area contributed by atoms with Crippen LogP contribution in [-0.4, -0.2) is 37.9 Å². The molecule has 0 aliphatic carbocycles. The molecule has 2 N–H and O–H groups in total. The highest BCUT2D eigenvalue weighted by molar-refractivity contribution is 5.87. The lowest BCUT2D eigenvalue weighted by atomic mass is 9.90. The highest BCUT2D eigenvalue weighted by Crippen LogP contribution is 2.17. The van der Waals surface area contributed by atoms with Crippen LogP contribution in [0, 0.1) is 5.41 Å². The number of rotatable bonds is 7. The van der Waals surface area contributed by atoms with Gasteiger partial charge in [-0.05, 0) is 18.8 Å². The van der Waals surface area contributed by atoms with E-state index in [-0.39, 0.29) is 18.0 Å². The molecule has 0 aliphatic heterocycles. The van der Waals surface area contributed by atoms with Crippen LogP contribution < -0.4 is 5.32 Å². The Morgan fingerprint density at radius 2 is 2.12 bits per heavy atom. The maximum Gasteiger partial charge on any atom is 0.333 e. The summed E-state index contributed by atoms with van der Waals surface area (Å²) in [4.78, 5) is 11.1. The van der Waals surface area contributed by atoms with E-state index in [2.05, 4.69) is 23.9 Å². The summed E-state index contributed by atoms with van der Waals surface area (Å²) >= 11 is 0. The first kappa shape index (κ1) is 15.1. The molecule has 0 saturated heterocycles. The Morgan fingerprint density at radius 3 is 2.62 bits per heavy atom. The fourth-order valence-electron chi connectivity index (χ4n) is 1.27. The molecule has 0 bridgehead atoms. The highest BCUT2D eigenvalue weighted by Gasteiger charge is 2.15. The van der Waals surface area contributed by atoms with Crippen LogP contribution in [0.4, 0.5) is 0 Å². The minimum absolute atomic E-state index is 0.0712. The van der Waals surface area contributed by atoms with Gasteiger partial charge in [-0.15, -0.1) is 0 Å². The SMILES string of the molecule is COC(=O)C(C)=CCNCC(C)(C)CCO. The number of nitrogens with one attached hydrogen (secondary N) is 1. The van der Waals surface area contributed by atoms with Gasteiger partial charge in [0.2, 0.25) is 0 Å². The van der Waals surface area contributed by atoms with Gasteiger partial charge in [0.1, 0.15) is 0 Å². The van der Waals surface area contributed by atoms with Crippen LogP contribution in [0.5, 0.6) is 0 Å². The second-order valence-electron chi connectivity index (χ2n) is 4.65. The van der Waals surface area contributed by atoms with Crippen molar-refractivity contribution in [2.45, 2.75) is 27.2 Å². The van der Waals surface area contributed by atoms with E-state index in [9.17, 15) is 4.79 Å². The summed E-state index contributed by atoms with van der Waals surface area (Å²) in [5.74, 6) is -0.295. The summed E-state index contributed by atoms with van der Waals surface area (Å²) in [5, 5.41) is 12.1. The second kappa shape index (κ2) is 7.41. The van der Waals surface area contributed by atoms with E-state index in [4.69, 9.17) is 5.11 Å². The minimum atomic E-state index is -0.295. The molecule has 0 fully saturated rings. The molecule has 0 radical (unpaired) electrons. The Morgan fingerprint density at radius 1 is 1.50 bits per heavy atom. The molecule has 0 aromatic heterocycles. The molecular weight excluding hydrogens is 206 g/mol. The zero-order valence-corrected chi connectivity index (χ0v) is 10.7. The number of carbonyl (C=O) groups is 1. The first-order valence-corrected chi connectivity index (χ1v) is 5.49. The quantitative estimate of drug-likeness (QED) is 0.390. The molecule has 0 saturated carbocycles. The van der Waals surface area contributed by atoms with Crippen molar-refractivity contribution in [1.29, 1.82) is 0 Å². The topological polar surface area (TPSA) is 58.6 Å². The van der Waals surface area contributed by atoms with Crippen molar-refractivity contribution in [3.63, 3.8) is 0 Å². The molecular formula is C12H23NO3. The van der Waals surface area contributed by atoms with Crippen molar-refractivity contribution in [3.8, 4) is 0 Å². The number of methoxy groups -OCH3 is 1. The zero-order chi connectivity index (χ0) is 12.6. The number of carbonyl (C=O) groups excluding carboxylic acids is 1. The first-order valence-electron chi connectivity index (χ1n) is 5.49. The van der Waals surface area contributed by atoms with Gasteiger partial charge in [-0.3, -0.25) is 0 Å². The fourth-order valence-corrected chi connectivity index (χ4v) is 1.27. The van der Waals surface area contributed by atoms with Crippen LogP contribution in [0.15, 0.2) is 11.6 Å². The Bertz CT molecular complexity index is 247.